The highest BCUT2D eigenvalue weighted by atomic mass is 16.3. The van der Waals surface area contributed by atoms with Gasteiger partial charge in [-0.2, -0.15) is 0 Å². The lowest BCUT2D eigenvalue weighted by atomic mass is 10.1. The highest BCUT2D eigenvalue weighted by Gasteiger charge is 2.25. The number of Topliss-reactive ketones (excluding diaryl/α,β-unsaturated/α-hetero) is 1. The molecule has 0 bridgehead atoms. The van der Waals surface area contributed by atoms with Crippen molar-refractivity contribution in [3.05, 3.63) is 89.4 Å². The van der Waals surface area contributed by atoms with Crippen molar-refractivity contribution in [2.45, 2.75) is 20.0 Å². The maximum absolute atomic E-state index is 12.8. The molecule has 3 aromatic rings. The van der Waals surface area contributed by atoms with E-state index in [4.69, 9.17) is 4.42 Å². The average Bonchev–Trinajstić information content (AvgIpc) is 3.15. The largest absolute Gasteiger partial charge is 0.508 e. The quantitative estimate of drug-likeness (QED) is 0.544. The molecule has 26 heavy (non-hydrogen) atoms. The molecule has 5 nitrogen and oxygen atoms in total. The Labute approximate surface area is 151 Å². The van der Waals surface area contributed by atoms with Gasteiger partial charge in [0.25, 0.3) is 5.91 Å². The lowest BCUT2D eigenvalue weighted by Crippen LogP contribution is -2.35. The van der Waals surface area contributed by atoms with E-state index in [1.807, 2.05) is 6.92 Å². The monoisotopic (exact) mass is 349 g/mol. The molecule has 3 rings (SSSR count). The number of aryl methyl sites for hydroxylation is 1. The van der Waals surface area contributed by atoms with Gasteiger partial charge >= 0.3 is 0 Å². The summed E-state index contributed by atoms with van der Waals surface area (Å²) in [5.41, 5.74) is 1.90. The maximum atomic E-state index is 12.8. The van der Waals surface area contributed by atoms with Gasteiger partial charge in [0.05, 0.1) is 19.4 Å². The fourth-order valence-corrected chi connectivity index (χ4v) is 2.61. The van der Waals surface area contributed by atoms with Crippen LogP contribution in [0.4, 0.5) is 0 Å². The second kappa shape index (κ2) is 7.70. The zero-order valence-corrected chi connectivity index (χ0v) is 14.4. The number of hydrogen-bond donors (Lipinski definition) is 1. The molecule has 0 aliphatic carbocycles. The molecule has 1 N–H and O–H groups in total. The van der Waals surface area contributed by atoms with Crippen LogP contribution >= 0.6 is 0 Å². The van der Waals surface area contributed by atoms with Gasteiger partial charge < -0.3 is 14.4 Å². The van der Waals surface area contributed by atoms with Gasteiger partial charge in [0.2, 0.25) is 5.78 Å². The van der Waals surface area contributed by atoms with E-state index in [1.54, 1.807) is 60.7 Å². The van der Waals surface area contributed by atoms with Crippen LogP contribution in [0.1, 0.15) is 27.2 Å². The van der Waals surface area contributed by atoms with Gasteiger partial charge in [0.1, 0.15) is 11.5 Å². The number of phenols is 1. The summed E-state index contributed by atoms with van der Waals surface area (Å²) in [6.07, 6.45) is 1.51. The Hall–Kier alpha value is -3.34. The van der Waals surface area contributed by atoms with Gasteiger partial charge in [-0.15, -0.1) is 0 Å². The third-order valence-electron chi connectivity index (χ3n) is 4.07. The van der Waals surface area contributed by atoms with Crippen molar-refractivity contribution in [2.75, 3.05) is 0 Å². The van der Waals surface area contributed by atoms with Crippen molar-refractivity contribution in [2.24, 2.45) is 0 Å². The van der Waals surface area contributed by atoms with E-state index >= 15 is 0 Å². The number of carbonyl (C=O) groups is 2. The van der Waals surface area contributed by atoms with Gasteiger partial charge in [-0.1, -0.05) is 48.0 Å². The van der Waals surface area contributed by atoms with Crippen molar-refractivity contribution >= 4 is 11.7 Å². The van der Waals surface area contributed by atoms with Crippen molar-refractivity contribution in [1.29, 1.82) is 0 Å². The summed E-state index contributed by atoms with van der Waals surface area (Å²) in [6, 6.07) is 17.1. The van der Waals surface area contributed by atoms with Gasteiger partial charge in [-0.25, -0.2) is 0 Å². The van der Waals surface area contributed by atoms with E-state index < -0.39 is 11.7 Å². The minimum absolute atomic E-state index is 0.0764. The third kappa shape index (κ3) is 4.00. The molecule has 132 valence electrons. The Bertz CT molecular complexity index is 898. The average molecular weight is 349 g/mol. The van der Waals surface area contributed by atoms with E-state index in [0.717, 1.165) is 5.56 Å². The van der Waals surface area contributed by atoms with Crippen molar-refractivity contribution in [1.82, 2.24) is 4.90 Å². The number of nitrogens with zero attached hydrogens (tertiary/aromatic N) is 1. The molecule has 0 atom stereocenters. The molecule has 0 spiro atoms. The molecular formula is C21H19NO4. The standard InChI is InChI=1S/C21H19NO4/c1-15-8-10-16(11-9-15)20(24)21(25)22(14-18-6-4-12-26-18)13-17-5-2-3-7-19(17)23/h2-12,23H,13-14H2,1H3. The summed E-state index contributed by atoms with van der Waals surface area (Å²) in [4.78, 5) is 26.8. The number of phenolic OH excluding ortho intramolecular Hbond substituents is 1. The van der Waals surface area contributed by atoms with Crippen molar-refractivity contribution in [3.8, 4) is 5.75 Å². The van der Waals surface area contributed by atoms with Crippen LogP contribution in [0.3, 0.4) is 0 Å². The number of furan rings is 1. The van der Waals surface area contributed by atoms with Crippen molar-refractivity contribution < 1.29 is 19.1 Å². The minimum atomic E-state index is -0.645. The number of para-hydroxylation sites is 1. The Morgan fingerprint density at radius 1 is 0.962 bits per heavy atom. The summed E-state index contributed by atoms with van der Waals surface area (Å²) >= 11 is 0. The molecule has 2 aromatic carbocycles. The first-order valence-electron chi connectivity index (χ1n) is 8.24. The summed E-state index contributed by atoms with van der Waals surface area (Å²) in [7, 11) is 0. The molecule has 1 amide bonds. The SMILES string of the molecule is Cc1ccc(C(=O)C(=O)N(Cc2ccco2)Cc2ccccc2O)cc1. The van der Waals surface area contributed by atoms with E-state index in [-0.39, 0.29) is 18.8 Å². The van der Waals surface area contributed by atoms with Crippen LogP contribution in [-0.2, 0) is 17.9 Å². The van der Waals surface area contributed by atoms with Gasteiger partial charge in [0, 0.05) is 11.1 Å². The molecule has 0 radical (unpaired) electrons. The molecule has 1 heterocycles. The van der Waals surface area contributed by atoms with Crippen molar-refractivity contribution in [3.63, 3.8) is 0 Å². The summed E-state index contributed by atoms with van der Waals surface area (Å²) in [5, 5.41) is 10.0. The zero-order valence-electron chi connectivity index (χ0n) is 14.4. The fraction of sp³-hybridized carbons (Fsp3) is 0.143. The summed E-state index contributed by atoms with van der Waals surface area (Å²) < 4.78 is 5.32. The molecule has 0 aliphatic heterocycles. The first-order chi connectivity index (χ1) is 12.5. The highest BCUT2D eigenvalue weighted by Crippen LogP contribution is 2.20. The normalized spacial score (nSPS) is 10.5. The molecule has 0 fully saturated rings. The van der Waals surface area contributed by atoms with E-state index in [1.165, 1.54) is 11.2 Å². The van der Waals surface area contributed by atoms with Crippen LogP contribution < -0.4 is 0 Å². The number of carbonyl (C=O) groups excluding carboxylic acids is 2. The predicted molar refractivity (Wildman–Crippen MR) is 96.6 cm³/mol. The molecule has 0 saturated heterocycles. The Balaban J connectivity index is 1.86. The fourth-order valence-electron chi connectivity index (χ4n) is 2.61. The highest BCUT2D eigenvalue weighted by molar-refractivity contribution is 6.42. The summed E-state index contributed by atoms with van der Waals surface area (Å²) in [5.74, 6) is -0.599. The lowest BCUT2D eigenvalue weighted by molar-refractivity contribution is -0.127. The number of rotatable bonds is 6. The van der Waals surface area contributed by atoms with Crippen LogP contribution in [0.25, 0.3) is 0 Å². The summed E-state index contributed by atoms with van der Waals surface area (Å²) in [6.45, 7) is 2.15. The number of aromatic hydroxyl groups is 1. The zero-order chi connectivity index (χ0) is 18.5. The number of hydrogen-bond acceptors (Lipinski definition) is 4. The van der Waals surface area contributed by atoms with Gasteiger partial charge in [-0.05, 0) is 25.1 Å². The van der Waals surface area contributed by atoms with Crippen LogP contribution in [0.15, 0.2) is 71.3 Å². The minimum Gasteiger partial charge on any atom is -0.508 e. The smallest absolute Gasteiger partial charge is 0.295 e. The maximum Gasteiger partial charge on any atom is 0.295 e. The predicted octanol–water partition coefficient (Wildman–Crippen LogP) is 3.71. The van der Waals surface area contributed by atoms with Crippen LogP contribution in [0.5, 0.6) is 5.75 Å². The Morgan fingerprint density at radius 3 is 2.35 bits per heavy atom. The number of ketones is 1. The third-order valence-corrected chi connectivity index (χ3v) is 4.07. The number of benzene rings is 2. The first kappa shape index (κ1) is 17.5. The Kier molecular flexibility index (Phi) is 5.17. The van der Waals surface area contributed by atoms with Gasteiger partial charge in [0.15, 0.2) is 0 Å². The first-order valence-corrected chi connectivity index (χ1v) is 8.24. The second-order valence-electron chi connectivity index (χ2n) is 6.06. The Morgan fingerprint density at radius 2 is 1.69 bits per heavy atom. The van der Waals surface area contributed by atoms with Gasteiger partial charge in [-0.3, -0.25) is 9.59 Å². The second-order valence-corrected chi connectivity index (χ2v) is 6.06. The lowest BCUT2D eigenvalue weighted by Gasteiger charge is -2.21. The topological polar surface area (TPSA) is 70.8 Å². The van der Waals surface area contributed by atoms with Crippen LogP contribution in [0.2, 0.25) is 0 Å². The van der Waals surface area contributed by atoms with E-state index in [2.05, 4.69) is 0 Å². The molecule has 0 aliphatic rings. The number of amides is 1. The van der Waals surface area contributed by atoms with Crippen LogP contribution in [-0.4, -0.2) is 21.7 Å². The molecule has 0 saturated carbocycles. The molecule has 5 heteroatoms. The molecule has 0 unspecified atom stereocenters. The van der Waals surface area contributed by atoms with E-state index in [9.17, 15) is 14.7 Å². The molecular weight excluding hydrogens is 330 g/mol. The van der Waals surface area contributed by atoms with Crippen LogP contribution in [0, 0.1) is 6.92 Å². The molecule has 1 aromatic heterocycles. The van der Waals surface area contributed by atoms with E-state index in [0.29, 0.717) is 16.9 Å².